The molecule has 0 saturated heterocycles. The van der Waals surface area contributed by atoms with Crippen LogP contribution in [0.1, 0.15) is 18.5 Å². The molecule has 2 N–H and O–H groups in total. The number of methoxy groups -OCH3 is 1. The molecule has 0 radical (unpaired) electrons. The molecule has 6 heteroatoms. The molecule has 0 saturated carbocycles. The first-order valence-electron chi connectivity index (χ1n) is 7.60. The highest BCUT2D eigenvalue weighted by molar-refractivity contribution is 6.30. The van der Waals surface area contributed by atoms with Gasteiger partial charge in [-0.1, -0.05) is 23.7 Å². The topological polar surface area (TPSA) is 74.1 Å². The Bertz CT molecular complexity index is 793. The van der Waals surface area contributed by atoms with Crippen LogP contribution >= 0.6 is 11.6 Å². The molecule has 25 heavy (non-hydrogen) atoms. The van der Waals surface area contributed by atoms with Crippen LogP contribution in [0.25, 0.3) is 0 Å². The lowest BCUT2D eigenvalue weighted by atomic mass is 10.1. The average molecular weight is 356 g/mol. The van der Waals surface area contributed by atoms with Crippen molar-refractivity contribution in [2.45, 2.75) is 13.0 Å². The number of amides is 1. The molecule has 5 nitrogen and oxygen atoms in total. The number of hydrogen-bond donors (Lipinski definition) is 2. The van der Waals surface area contributed by atoms with Crippen molar-refractivity contribution in [2.24, 2.45) is 0 Å². The van der Waals surface area contributed by atoms with Crippen molar-refractivity contribution in [3.8, 4) is 11.8 Å². The van der Waals surface area contributed by atoms with Gasteiger partial charge in [0.25, 0.3) is 5.91 Å². The zero-order valence-electron chi connectivity index (χ0n) is 13.9. The zero-order chi connectivity index (χ0) is 18.2. The van der Waals surface area contributed by atoms with Crippen LogP contribution in [-0.4, -0.2) is 13.0 Å². The van der Waals surface area contributed by atoms with Crippen molar-refractivity contribution in [2.75, 3.05) is 12.4 Å². The third kappa shape index (κ3) is 5.27. The number of ether oxygens (including phenoxy) is 1. The summed E-state index contributed by atoms with van der Waals surface area (Å²) in [6.07, 6.45) is 1.37. The lowest BCUT2D eigenvalue weighted by Gasteiger charge is -2.14. The Balaban J connectivity index is 2.01. The molecule has 2 rings (SSSR count). The molecule has 0 aromatic heterocycles. The smallest absolute Gasteiger partial charge is 0.263 e. The first kappa shape index (κ1) is 18.4. The molecular formula is C19H18ClN3O2. The van der Waals surface area contributed by atoms with Crippen LogP contribution in [0.4, 0.5) is 5.69 Å². The average Bonchev–Trinajstić information content (AvgIpc) is 2.63. The van der Waals surface area contributed by atoms with Gasteiger partial charge in [0.2, 0.25) is 0 Å². The number of carbonyl (C=O) groups excluding carboxylic acids is 1. The van der Waals surface area contributed by atoms with Crippen LogP contribution in [0.15, 0.2) is 60.3 Å². The van der Waals surface area contributed by atoms with Crippen molar-refractivity contribution in [1.82, 2.24) is 5.32 Å². The number of rotatable bonds is 6. The third-order valence-electron chi connectivity index (χ3n) is 3.56. The molecule has 0 aliphatic heterocycles. The number of hydrogen-bond acceptors (Lipinski definition) is 4. The van der Waals surface area contributed by atoms with Crippen molar-refractivity contribution in [3.63, 3.8) is 0 Å². The first-order valence-corrected chi connectivity index (χ1v) is 7.98. The third-order valence-corrected chi connectivity index (χ3v) is 3.81. The van der Waals surface area contributed by atoms with E-state index >= 15 is 0 Å². The lowest BCUT2D eigenvalue weighted by Crippen LogP contribution is -2.28. The minimum atomic E-state index is -0.452. The number of benzene rings is 2. The van der Waals surface area contributed by atoms with Gasteiger partial charge in [-0.2, -0.15) is 5.26 Å². The van der Waals surface area contributed by atoms with E-state index in [1.54, 1.807) is 31.4 Å². The Morgan fingerprint density at radius 3 is 2.40 bits per heavy atom. The van der Waals surface area contributed by atoms with Crippen molar-refractivity contribution >= 4 is 23.2 Å². The van der Waals surface area contributed by atoms with Crippen LogP contribution in [-0.2, 0) is 4.79 Å². The molecule has 2 aromatic rings. The Kier molecular flexibility index (Phi) is 6.44. The molecule has 128 valence electrons. The summed E-state index contributed by atoms with van der Waals surface area (Å²) in [5, 5.41) is 15.5. The van der Waals surface area contributed by atoms with Gasteiger partial charge in [0.1, 0.15) is 17.4 Å². The Hall–Kier alpha value is -2.97. The largest absolute Gasteiger partial charge is 0.497 e. The number of carbonyl (C=O) groups is 1. The van der Waals surface area contributed by atoms with Crippen LogP contribution in [0.3, 0.4) is 0 Å². The summed E-state index contributed by atoms with van der Waals surface area (Å²) in [6, 6.07) is 16.0. The van der Waals surface area contributed by atoms with Crippen LogP contribution < -0.4 is 15.4 Å². The quantitative estimate of drug-likeness (QED) is 0.605. The first-order chi connectivity index (χ1) is 12.0. The molecule has 2 aromatic carbocycles. The normalized spacial score (nSPS) is 12.0. The Labute approximate surface area is 151 Å². The Morgan fingerprint density at radius 2 is 1.84 bits per heavy atom. The number of nitrogens with zero attached hydrogens (tertiary/aromatic N) is 1. The summed E-state index contributed by atoms with van der Waals surface area (Å²) in [5.41, 5.74) is 1.63. The lowest BCUT2D eigenvalue weighted by molar-refractivity contribution is -0.117. The Morgan fingerprint density at radius 1 is 1.20 bits per heavy atom. The van der Waals surface area contributed by atoms with Crippen molar-refractivity contribution in [3.05, 3.63) is 70.9 Å². The van der Waals surface area contributed by atoms with Crippen molar-refractivity contribution < 1.29 is 9.53 Å². The van der Waals surface area contributed by atoms with Crippen LogP contribution in [0.2, 0.25) is 5.02 Å². The van der Waals surface area contributed by atoms with E-state index < -0.39 is 5.91 Å². The minimum Gasteiger partial charge on any atom is -0.497 e. The second-order valence-corrected chi connectivity index (χ2v) is 5.73. The maximum atomic E-state index is 12.3. The maximum Gasteiger partial charge on any atom is 0.263 e. The molecule has 0 aliphatic carbocycles. The fourth-order valence-corrected chi connectivity index (χ4v) is 2.23. The van der Waals surface area contributed by atoms with Crippen LogP contribution in [0, 0.1) is 11.3 Å². The van der Waals surface area contributed by atoms with Gasteiger partial charge >= 0.3 is 0 Å². The molecule has 1 atom stereocenters. The minimum absolute atomic E-state index is 0.0182. The zero-order valence-corrected chi connectivity index (χ0v) is 14.7. The van der Waals surface area contributed by atoms with Gasteiger partial charge in [-0.3, -0.25) is 4.79 Å². The summed E-state index contributed by atoms with van der Waals surface area (Å²) in [5.74, 6) is 0.291. The number of halogens is 1. The summed E-state index contributed by atoms with van der Waals surface area (Å²) < 4.78 is 5.11. The molecule has 0 spiro atoms. The van der Waals surface area contributed by atoms with E-state index in [1.807, 2.05) is 37.3 Å². The van der Waals surface area contributed by atoms with Gasteiger partial charge in [-0.15, -0.1) is 0 Å². The van der Waals surface area contributed by atoms with Crippen LogP contribution in [0.5, 0.6) is 5.75 Å². The standard InChI is InChI=1S/C19H18ClN3O2/c1-13(14-3-9-18(25-2)10-4-14)23-19(24)15(11-21)12-22-17-7-5-16(20)6-8-17/h3-10,12-13,22H,1-2H3,(H,23,24)/b15-12-. The van der Waals surface area contributed by atoms with Gasteiger partial charge in [0.05, 0.1) is 13.2 Å². The van der Waals surface area contributed by atoms with Gasteiger partial charge in [-0.25, -0.2) is 0 Å². The van der Waals surface area contributed by atoms with E-state index in [0.29, 0.717) is 5.02 Å². The molecular weight excluding hydrogens is 338 g/mol. The molecule has 1 amide bonds. The van der Waals surface area contributed by atoms with E-state index in [0.717, 1.165) is 17.0 Å². The summed E-state index contributed by atoms with van der Waals surface area (Å²) in [4.78, 5) is 12.3. The molecule has 0 bridgehead atoms. The van der Waals surface area contributed by atoms with Gasteiger partial charge < -0.3 is 15.4 Å². The molecule has 0 heterocycles. The molecule has 1 unspecified atom stereocenters. The van der Waals surface area contributed by atoms with E-state index in [1.165, 1.54) is 6.20 Å². The summed E-state index contributed by atoms with van der Waals surface area (Å²) >= 11 is 5.82. The molecule has 0 aliphatic rings. The van der Waals surface area contributed by atoms with Gasteiger partial charge in [0, 0.05) is 16.9 Å². The summed E-state index contributed by atoms with van der Waals surface area (Å²) in [7, 11) is 1.60. The maximum absolute atomic E-state index is 12.3. The van der Waals surface area contributed by atoms with Gasteiger partial charge in [0.15, 0.2) is 0 Å². The highest BCUT2D eigenvalue weighted by Gasteiger charge is 2.13. The van der Waals surface area contributed by atoms with E-state index in [4.69, 9.17) is 16.3 Å². The van der Waals surface area contributed by atoms with E-state index in [9.17, 15) is 10.1 Å². The second kappa shape index (κ2) is 8.76. The summed E-state index contributed by atoms with van der Waals surface area (Å²) in [6.45, 7) is 1.85. The fraction of sp³-hybridized carbons (Fsp3) is 0.158. The van der Waals surface area contributed by atoms with E-state index in [2.05, 4.69) is 10.6 Å². The highest BCUT2D eigenvalue weighted by Crippen LogP contribution is 2.18. The van der Waals surface area contributed by atoms with Crippen molar-refractivity contribution in [1.29, 1.82) is 5.26 Å². The SMILES string of the molecule is COc1ccc(C(C)NC(=O)/C(C#N)=C\Nc2ccc(Cl)cc2)cc1. The fourth-order valence-electron chi connectivity index (χ4n) is 2.10. The number of nitrogens with one attached hydrogen (secondary N) is 2. The second-order valence-electron chi connectivity index (χ2n) is 5.29. The highest BCUT2D eigenvalue weighted by atomic mass is 35.5. The predicted octanol–water partition coefficient (Wildman–Crippen LogP) is 4.05. The van der Waals surface area contributed by atoms with E-state index in [-0.39, 0.29) is 11.6 Å². The number of anilines is 1. The van der Waals surface area contributed by atoms with Gasteiger partial charge in [-0.05, 0) is 48.9 Å². The number of nitriles is 1. The molecule has 0 fully saturated rings. The monoisotopic (exact) mass is 355 g/mol. The predicted molar refractivity (Wildman–Crippen MR) is 98.3 cm³/mol.